The number of halogens is 1. The molecule has 0 heterocycles. The third kappa shape index (κ3) is 16.4. The van der Waals surface area contributed by atoms with Gasteiger partial charge in [0.15, 0.2) is 5.78 Å². The molecule has 0 aromatic heterocycles. The molecule has 1 amide bonds. The molecule has 0 aliphatic carbocycles. The molecule has 0 fully saturated rings. The van der Waals surface area contributed by atoms with E-state index < -0.39 is 6.17 Å². The van der Waals surface area contributed by atoms with Crippen LogP contribution in [0.25, 0.3) is 0 Å². The number of alkyl halides is 1. The Morgan fingerprint density at radius 2 is 1.69 bits per heavy atom. The number of carbonyl (C=O) groups is 2. The molecule has 7 nitrogen and oxygen atoms in total. The Morgan fingerprint density at radius 1 is 1.00 bits per heavy atom. The number of carbonyl (C=O) groups excluding carboxylic acids is 2. The molecule has 0 rings (SSSR count). The standard InChI is InChI=1S/C18H35FN2O5/c1-14(2)18(23)21-11-16(19)12-25-10-9-24-8-7-20-6-5-17(22)13-26-15(3)4/h14-16,20H,5-13H2,1-4H3,(H,21,23). The van der Waals surface area contributed by atoms with E-state index in [9.17, 15) is 14.0 Å². The monoisotopic (exact) mass is 378 g/mol. The van der Waals surface area contributed by atoms with Gasteiger partial charge in [-0.05, 0) is 13.8 Å². The Bertz CT molecular complexity index is 381. The summed E-state index contributed by atoms with van der Waals surface area (Å²) in [6, 6.07) is 0. The fraction of sp³-hybridized carbons (Fsp3) is 0.889. The summed E-state index contributed by atoms with van der Waals surface area (Å²) in [6.45, 7) is 9.72. The molecule has 0 aromatic carbocycles. The van der Waals surface area contributed by atoms with E-state index >= 15 is 0 Å². The predicted molar refractivity (Wildman–Crippen MR) is 98.0 cm³/mol. The Morgan fingerprint density at radius 3 is 2.35 bits per heavy atom. The van der Waals surface area contributed by atoms with Crippen molar-refractivity contribution in [2.45, 2.75) is 46.4 Å². The summed E-state index contributed by atoms with van der Waals surface area (Å²) in [5.74, 6) is -0.250. The molecule has 0 saturated carbocycles. The van der Waals surface area contributed by atoms with Crippen LogP contribution in [0.5, 0.6) is 0 Å². The van der Waals surface area contributed by atoms with Crippen molar-refractivity contribution in [1.29, 1.82) is 0 Å². The van der Waals surface area contributed by atoms with E-state index in [0.29, 0.717) is 39.3 Å². The topological polar surface area (TPSA) is 85.9 Å². The number of nitrogens with one attached hydrogen (secondary N) is 2. The van der Waals surface area contributed by atoms with Crippen molar-refractivity contribution in [3.63, 3.8) is 0 Å². The van der Waals surface area contributed by atoms with Crippen LogP contribution < -0.4 is 10.6 Å². The van der Waals surface area contributed by atoms with Gasteiger partial charge < -0.3 is 24.8 Å². The van der Waals surface area contributed by atoms with Crippen molar-refractivity contribution in [3.05, 3.63) is 0 Å². The second-order valence-electron chi connectivity index (χ2n) is 6.58. The first-order valence-electron chi connectivity index (χ1n) is 9.24. The summed E-state index contributed by atoms with van der Waals surface area (Å²) in [6.07, 6.45) is -0.730. The van der Waals surface area contributed by atoms with Crippen molar-refractivity contribution in [1.82, 2.24) is 10.6 Å². The van der Waals surface area contributed by atoms with Gasteiger partial charge in [0.1, 0.15) is 12.8 Å². The summed E-state index contributed by atoms with van der Waals surface area (Å²) in [4.78, 5) is 22.8. The number of Topliss-reactive ketones (excluding diaryl/α,β-unsaturated/α-hetero) is 1. The van der Waals surface area contributed by atoms with E-state index in [4.69, 9.17) is 14.2 Å². The minimum atomic E-state index is -1.23. The third-order valence-corrected chi connectivity index (χ3v) is 3.27. The maximum absolute atomic E-state index is 13.5. The van der Waals surface area contributed by atoms with E-state index in [1.807, 2.05) is 13.8 Å². The van der Waals surface area contributed by atoms with E-state index in [1.54, 1.807) is 13.8 Å². The van der Waals surface area contributed by atoms with Crippen LogP contribution in [-0.2, 0) is 23.8 Å². The first kappa shape index (κ1) is 24.9. The lowest BCUT2D eigenvalue weighted by atomic mass is 10.2. The zero-order chi connectivity index (χ0) is 19.8. The van der Waals surface area contributed by atoms with Gasteiger partial charge >= 0.3 is 0 Å². The average molecular weight is 378 g/mol. The molecular formula is C18H35FN2O5. The molecule has 0 bridgehead atoms. The normalized spacial score (nSPS) is 12.6. The number of amides is 1. The second kappa shape index (κ2) is 16.1. The summed E-state index contributed by atoms with van der Waals surface area (Å²) >= 11 is 0. The number of ketones is 1. The molecule has 1 atom stereocenters. The van der Waals surface area contributed by atoms with Crippen LogP contribution in [0.2, 0.25) is 0 Å². The zero-order valence-electron chi connectivity index (χ0n) is 16.5. The molecular weight excluding hydrogens is 343 g/mol. The van der Waals surface area contributed by atoms with Crippen molar-refractivity contribution >= 4 is 11.7 Å². The Labute approximate surface area is 156 Å². The van der Waals surface area contributed by atoms with E-state index in [-0.39, 0.29) is 43.5 Å². The van der Waals surface area contributed by atoms with Gasteiger partial charge in [-0.1, -0.05) is 13.8 Å². The number of hydrogen-bond donors (Lipinski definition) is 2. The molecule has 0 saturated heterocycles. The quantitative estimate of drug-likeness (QED) is 0.369. The maximum Gasteiger partial charge on any atom is 0.222 e. The average Bonchev–Trinajstić information content (AvgIpc) is 2.59. The number of ether oxygens (including phenoxy) is 3. The molecule has 2 N–H and O–H groups in total. The van der Waals surface area contributed by atoms with E-state index in [0.717, 1.165) is 0 Å². The molecule has 0 radical (unpaired) electrons. The lowest BCUT2D eigenvalue weighted by molar-refractivity contribution is -0.125. The van der Waals surface area contributed by atoms with Crippen LogP contribution >= 0.6 is 0 Å². The van der Waals surface area contributed by atoms with Gasteiger partial charge in [-0.15, -0.1) is 0 Å². The highest BCUT2D eigenvalue weighted by molar-refractivity contribution is 5.79. The van der Waals surface area contributed by atoms with Crippen molar-refractivity contribution in [2.75, 3.05) is 52.7 Å². The van der Waals surface area contributed by atoms with Crippen LogP contribution in [0.3, 0.4) is 0 Å². The van der Waals surface area contributed by atoms with Gasteiger partial charge in [0.25, 0.3) is 0 Å². The molecule has 1 unspecified atom stereocenters. The lowest BCUT2D eigenvalue weighted by Gasteiger charge is -2.12. The van der Waals surface area contributed by atoms with Crippen molar-refractivity contribution in [3.8, 4) is 0 Å². The highest BCUT2D eigenvalue weighted by atomic mass is 19.1. The second-order valence-corrected chi connectivity index (χ2v) is 6.58. The molecule has 154 valence electrons. The molecule has 0 spiro atoms. The summed E-state index contributed by atoms with van der Waals surface area (Å²) in [5.41, 5.74) is 0. The highest BCUT2D eigenvalue weighted by Crippen LogP contribution is 1.94. The Balaban J connectivity index is 3.33. The zero-order valence-corrected chi connectivity index (χ0v) is 16.5. The number of hydrogen-bond acceptors (Lipinski definition) is 6. The predicted octanol–water partition coefficient (Wildman–Crippen LogP) is 1.10. The molecule has 0 aliphatic heterocycles. The van der Waals surface area contributed by atoms with Crippen LogP contribution in [0.4, 0.5) is 4.39 Å². The minimum Gasteiger partial charge on any atom is -0.378 e. The molecule has 0 aliphatic rings. The first-order chi connectivity index (χ1) is 12.3. The fourth-order valence-corrected chi connectivity index (χ4v) is 1.73. The highest BCUT2D eigenvalue weighted by Gasteiger charge is 2.11. The fourth-order valence-electron chi connectivity index (χ4n) is 1.73. The smallest absolute Gasteiger partial charge is 0.222 e. The van der Waals surface area contributed by atoms with Gasteiger partial charge in [0.2, 0.25) is 5.91 Å². The third-order valence-electron chi connectivity index (χ3n) is 3.27. The van der Waals surface area contributed by atoms with E-state index in [1.165, 1.54) is 0 Å². The number of rotatable bonds is 17. The largest absolute Gasteiger partial charge is 0.378 e. The van der Waals surface area contributed by atoms with Crippen LogP contribution in [0.1, 0.15) is 34.1 Å². The van der Waals surface area contributed by atoms with Gasteiger partial charge in [0.05, 0.1) is 39.1 Å². The summed E-state index contributed by atoms with van der Waals surface area (Å²) in [7, 11) is 0. The van der Waals surface area contributed by atoms with Crippen LogP contribution in [0, 0.1) is 5.92 Å². The van der Waals surface area contributed by atoms with Crippen molar-refractivity contribution in [2.24, 2.45) is 5.92 Å². The minimum absolute atomic E-state index is 0.0390. The Hall–Kier alpha value is -1.09. The van der Waals surface area contributed by atoms with Gasteiger partial charge in [-0.3, -0.25) is 9.59 Å². The lowest BCUT2D eigenvalue weighted by Crippen LogP contribution is -2.35. The van der Waals surface area contributed by atoms with Crippen LogP contribution in [-0.4, -0.2) is 76.6 Å². The molecule has 8 heteroatoms. The van der Waals surface area contributed by atoms with Crippen LogP contribution in [0.15, 0.2) is 0 Å². The van der Waals surface area contributed by atoms with Gasteiger partial charge in [-0.25, -0.2) is 4.39 Å². The maximum atomic E-state index is 13.5. The summed E-state index contributed by atoms with van der Waals surface area (Å²) in [5, 5.41) is 5.63. The van der Waals surface area contributed by atoms with Gasteiger partial charge in [0, 0.05) is 25.4 Å². The Kier molecular flexibility index (Phi) is 15.4. The molecule has 26 heavy (non-hydrogen) atoms. The van der Waals surface area contributed by atoms with E-state index in [2.05, 4.69) is 10.6 Å². The summed E-state index contributed by atoms with van der Waals surface area (Å²) < 4.78 is 29.2. The van der Waals surface area contributed by atoms with Crippen molar-refractivity contribution < 1.29 is 28.2 Å². The first-order valence-corrected chi connectivity index (χ1v) is 9.24. The SMILES string of the molecule is CC(C)OCC(=O)CCNCCOCCOCC(F)CNC(=O)C(C)C. The molecule has 0 aromatic rings. The van der Waals surface area contributed by atoms with Gasteiger partial charge in [-0.2, -0.15) is 0 Å².